The van der Waals surface area contributed by atoms with Crippen LogP contribution in [0.25, 0.3) is 0 Å². The van der Waals surface area contributed by atoms with Crippen LogP contribution in [0, 0.1) is 6.92 Å². The molecule has 0 aliphatic carbocycles. The number of hydrogen-bond donors (Lipinski definition) is 2. The third-order valence-corrected chi connectivity index (χ3v) is 1.72. The third kappa shape index (κ3) is 6.51. The molecule has 4 nitrogen and oxygen atoms in total. The zero-order chi connectivity index (χ0) is 11.7. The first-order valence-electron chi connectivity index (χ1n) is 4.65. The van der Waals surface area contributed by atoms with E-state index in [0.29, 0.717) is 0 Å². The molecule has 0 saturated carbocycles. The number of carbonyl (C=O) groups is 1. The lowest BCUT2D eigenvalue weighted by Gasteiger charge is -1.97. The molecule has 0 atom stereocenters. The molecule has 1 rings (SSSR count). The van der Waals surface area contributed by atoms with Crippen LogP contribution in [0.4, 0.5) is 0 Å². The number of rotatable bonds is 2. The molecule has 84 valence electrons. The second kappa shape index (κ2) is 7.82. The lowest BCUT2D eigenvalue weighted by atomic mass is 10.2. The summed E-state index contributed by atoms with van der Waals surface area (Å²) in [6.45, 7) is 2.13. The van der Waals surface area contributed by atoms with Gasteiger partial charge >= 0.3 is 0 Å². The summed E-state index contributed by atoms with van der Waals surface area (Å²) in [7, 11) is 3.22. The van der Waals surface area contributed by atoms with Gasteiger partial charge in [-0.1, -0.05) is 17.7 Å². The molecule has 0 aliphatic rings. The Balaban J connectivity index is 0.000000288. The average molecular weight is 210 g/mol. The van der Waals surface area contributed by atoms with E-state index in [1.165, 1.54) is 5.56 Å². The number of likely N-dealkylation sites (N-methyl/N-ethyl adjacent to an activating group) is 1. The van der Waals surface area contributed by atoms with E-state index >= 15 is 0 Å². The number of nitrogens with one attached hydrogen (secondary N) is 1. The highest BCUT2D eigenvalue weighted by Gasteiger charge is 1.85. The molecule has 1 amide bonds. The van der Waals surface area contributed by atoms with E-state index in [9.17, 15) is 4.79 Å². The zero-order valence-electron chi connectivity index (χ0n) is 9.41. The number of amides is 1. The zero-order valence-corrected chi connectivity index (χ0v) is 9.41. The molecule has 0 radical (unpaired) electrons. The average Bonchev–Trinajstić information content (AvgIpc) is 2.30. The van der Waals surface area contributed by atoms with Gasteiger partial charge in [0.05, 0.1) is 13.7 Å². The van der Waals surface area contributed by atoms with Crippen molar-refractivity contribution in [3.8, 4) is 5.75 Å². The van der Waals surface area contributed by atoms with Crippen molar-refractivity contribution < 1.29 is 9.53 Å². The van der Waals surface area contributed by atoms with Crippen LogP contribution in [-0.2, 0) is 4.79 Å². The maximum atomic E-state index is 9.94. The Labute approximate surface area is 90.4 Å². The van der Waals surface area contributed by atoms with Gasteiger partial charge in [-0.2, -0.15) is 0 Å². The predicted octanol–water partition coefficient (Wildman–Crippen LogP) is 0.695. The van der Waals surface area contributed by atoms with Gasteiger partial charge in [0.15, 0.2) is 0 Å². The lowest BCUT2D eigenvalue weighted by Crippen LogP contribution is -2.26. The highest BCUT2D eigenvalue weighted by molar-refractivity contribution is 5.77. The van der Waals surface area contributed by atoms with Crippen molar-refractivity contribution in [2.45, 2.75) is 6.92 Å². The van der Waals surface area contributed by atoms with Gasteiger partial charge in [-0.25, -0.2) is 0 Å². The first-order chi connectivity index (χ1) is 7.13. The summed E-state index contributed by atoms with van der Waals surface area (Å²) >= 11 is 0. The summed E-state index contributed by atoms with van der Waals surface area (Å²) in [5.41, 5.74) is 6.13. The number of hydrogen-bond acceptors (Lipinski definition) is 3. The van der Waals surface area contributed by atoms with Gasteiger partial charge in [0, 0.05) is 7.05 Å². The number of nitrogens with two attached hydrogens (primary N) is 1. The molecule has 0 fully saturated rings. The fraction of sp³-hybridized carbons (Fsp3) is 0.364. The molecule has 3 N–H and O–H groups in total. The van der Waals surface area contributed by atoms with Gasteiger partial charge < -0.3 is 15.8 Å². The highest BCUT2D eigenvalue weighted by Crippen LogP contribution is 2.09. The van der Waals surface area contributed by atoms with E-state index in [2.05, 4.69) is 12.2 Å². The monoisotopic (exact) mass is 210 g/mol. The maximum absolute atomic E-state index is 9.94. The minimum atomic E-state index is -0.130. The lowest BCUT2D eigenvalue weighted by molar-refractivity contribution is -0.119. The molecule has 0 unspecified atom stereocenters. The third-order valence-electron chi connectivity index (χ3n) is 1.72. The molecule has 4 heteroatoms. The summed E-state index contributed by atoms with van der Waals surface area (Å²) in [6, 6.07) is 7.96. The van der Waals surface area contributed by atoms with E-state index in [0.717, 1.165) is 5.75 Å². The van der Waals surface area contributed by atoms with Crippen LogP contribution >= 0.6 is 0 Å². The van der Waals surface area contributed by atoms with Gasteiger partial charge in [-0.3, -0.25) is 4.79 Å². The molecule has 1 aromatic carbocycles. The Bertz CT molecular complexity index is 277. The van der Waals surface area contributed by atoms with Crippen molar-refractivity contribution >= 4 is 5.91 Å². The van der Waals surface area contributed by atoms with Crippen LogP contribution < -0.4 is 15.8 Å². The molecule has 0 spiro atoms. The number of benzene rings is 1. The second-order valence-corrected chi connectivity index (χ2v) is 2.89. The highest BCUT2D eigenvalue weighted by atomic mass is 16.5. The van der Waals surface area contributed by atoms with Crippen LogP contribution in [0.5, 0.6) is 5.75 Å². The molecular formula is C11H18N2O2. The first-order valence-corrected chi connectivity index (χ1v) is 4.65. The molecule has 0 aliphatic heterocycles. The van der Waals surface area contributed by atoms with Crippen molar-refractivity contribution in [2.24, 2.45) is 5.73 Å². The van der Waals surface area contributed by atoms with Gasteiger partial charge in [0.25, 0.3) is 0 Å². The van der Waals surface area contributed by atoms with Crippen LogP contribution in [0.3, 0.4) is 0 Å². The number of ether oxygens (including phenoxy) is 1. The summed E-state index contributed by atoms with van der Waals surface area (Å²) in [5.74, 6) is 0.788. The summed E-state index contributed by atoms with van der Waals surface area (Å²) < 4.78 is 4.97. The van der Waals surface area contributed by atoms with Gasteiger partial charge in [-0.05, 0) is 19.1 Å². The van der Waals surface area contributed by atoms with E-state index in [4.69, 9.17) is 10.5 Å². The Kier molecular flexibility index (Phi) is 7.01. The van der Waals surface area contributed by atoms with Crippen molar-refractivity contribution in [3.05, 3.63) is 29.8 Å². The van der Waals surface area contributed by atoms with E-state index in [-0.39, 0.29) is 12.5 Å². The number of methoxy groups -OCH3 is 1. The molecule has 0 bridgehead atoms. The van der Waals surface area contributed by atoms with E-state index in [1.54, 1.807) is 14.2 Å². The van der Waals surface area contributed by atoms with Gasteiger partial charge in [0.2, 0.25) is 5.91 Å². The first kappa shape index (κ1) is 13.4. The summed E-state index contributed by atoms with van der Waals surface area (Å²) in [5, 5.41) is 2.35. The molecule has 15 heavy (non-hydrogen) atoms. The molecule has 0 heterocycles. The Morgan fingerprint density at radius 2 is 1.93 bits per heavy atom. The number of aryl methyl sites for hydroxylation is 1. The second-order valence-electron chi connectivity index (χ2n) is 2.89. The minimum absolute atomic E-state index is 0.0799. The Morgan fingerprint density at radius 3 is 2.20 bits per heavy atom. The SMILES string of the molecule is CNC(=O)CN.COc1ccc(C)cc1. The van der Waals surface area contributed by atoms with Gasteiger partial charge in [-0.15, -0.1) is 0 Å². The van der Waals surface area contributed by atoms with Crippen molar-refractivity contribution in [1.29, 1.82) is 0 Å². The van der Waals surface area contributed by atoms with Crippen LogP contribution in [0.2, 0.25) is 0 Å². The van der Waals surface area contributed by atoms with Crippen molar-refractivity contribution in [3.63, 3.8) is 0 Å². The minimum Gasteiger partial charge on any atom is -0.497 e. The molecule has 1 aromatic rings. The smallest absolute Gasteiger partial charge is 0.233 e. The summed E-state index contributed by atoms with van der Waals surface area (Å²) in [6.07, 6.45) is 0. The predicted molar refractivity (Wildman–Crippen MR) is 60.9 cm³/mol. The molecular weight excluding hydrogens is 192 g/mol. The number of carbonyl (C=O) groups excluding carboxylic acids is 1. The normalized spacial score (nSPS) is 8.53. The quantitative estimate of drug-likeness (QED) is 0.755. The maximum Gasteiger partial charge on any atom is 0.233 e. The fourth-order valence-electron chi connectivity index (χ4n) is 0.776. The molecule has 0 aromatic heterocycles. The van der Waals surface area contributed by atoms with Crippen LogP contribution in [0.1, 0.15) is 5.56 Å². The van der Waals surface area contributed by atoms with Crippen LogP contribution in [-0.4, -0.2) is 26.6 Å². The van der Waals surface area contributed by atoms with E-state index < -0.39 is 0 Å². The standard InChI is InChI=1S/C8H10O.C3H8N2O/c1-7-3-5-8(9-2)6-4-7;1-5-3(6)2-4/h3-6H,1-2H3;2,4H2,1H3,(H,5,6). The van der Waals surface area contributed by atoms with E-state index in [1.807, 2.05) is 24.3 Å². The summed E-state index contributed by atoms with van der Waals surface area (Å²) in [4.78, 5) is 9.94. The Hall–Kier alpha value is -1.55. The Morgan fingerprint density at radius 1 is 1.40 bits per heavy atom. The van der Waals surface area contributed by atoms with Crippen LogP contribution in [0.15, 0.2) is 24.3 Å². The topological polar surface area (TPSA) is 64.4 Å². The molecule has 0 saturated heterocycles. The fourth-order valence-corrected chi connectivity index (χ4v) is 0.776. The van der Waals surface area contributed by atoms with Crippen molar-refractivity contribution in [1.82, 2.24) is 5.32 Å². The largest absolute Gasteiger partial charge is 0.497 e. The van der Waals surface area contributed by atoms with Crippen molar-refractivity contribution in [2.75, 3.05) is 20.7 Å². The van der Waals surface area contributed by atoms with Gasteiger partial charge in [0.1, 0.15) is 5.75 Å².